The van der Waals surface area contributed by atoms with Gasteiger partial charge in [0.05, 0.1) is 18.2 Å². The molecule has 0 saturated heterocycles. The Morgan fingerprint density at radius 2 is 1.55 bits per heavy atom. The second-order valence-electron chi connectivity index (χ2n) is 7.03. The summed E-state index contributed by atoms with van der Waals surface area (Å²) in [6.07, 6.45) is 0. The molecule has 0 aliphatic rings. The fraction of sp³-hybridized carbons (Fsp3) is 0.292. The van der Waals surface area contributed by atoms with Crippen molar-refractivity contribution < 1.29 is 19.1 Å². The van der Waals surface area contributed by atoms with Crippen LogP contribution < -0.4 is 4.90 Å². The summed E-state index contributed by atoms with van der Waals surface area (Å²) in [4.78, 5) is 40.3. The van der Waals surface area contributed by atoms with E-state index in [1.165, 1.54) is 0 Å². The van der Waals surface area contributed by atoms with Crippen molar-refractivity contribution in [2.45, 2.75) is 34.6 Å². The number of anilines is 1. The van der Waals surface area contributed by atoms with Crippen LogP contribution in [0, 0.1) is 12.8 Å². The lowest BCUT2D eigenvalue weighted by Gasteiger charge is -2.25. The number of esters is 1. The molecular weight excluding hydrogens is 366 g/mol. The van der Waals surface area contributed by atoms with Gasteiger partial charge in [-0.15, -0.1) is 0 Å². The van der Waals surface area contributed by atoms with Crippen LogP contribution in [0.3, 0.4) is 0 Å². The summed E-state index contributed by atoms with van der Waals surface area (Å²) in [5.41, 5.74) is 2.76. The van der Waals surface area contributed by atoms with E-state index < -0.39 is 23.7 Å². The highest BCUT2D eigenvalue weighted by atomic mass is 16.5. The van der Waals surface area contributed by atoms with Crippen molar-refractivity contribution in [2.24, 2.45) is 5.92 Å². The molecule has 0 aliphatic heterocycles. The van der Waals surface area contributed by atoms with Crippen molar-refractivity contribution in [3.8, 4) is 0 Å². The number of carbonyl (C=O) groups is 3. The zero-order valence-corrected chi connectivity index (χ0v) is 17.6. The molecule has 0 radical (unpaired) electrons. The van der Waals surface area contributed by atoms with Gasteiger partial charge in [0.25, 0.3) is 11.8 Å². The van der Waals surface area contributed by atoms with Crippen LogP contribution in [0.15, 0.2) is 65.7 Å². The smallest absolute Gasteiger partial charge is 0.313 e. The summed E-state index contributed by atoms with van der Waals surface area (Å²) < 4.78 is 5.10. The fourth-order valence-corrected chi connectivity index (χ4v) is 3.07. The molecule has 2 rings (SSSR count). The third-order valence-electron chi connectivity index (χ3n) is 4.56. The van der Waals surface area contributed by atoms with Gasteiger partial charge in [-0.25, -0.2) is 4.90 Å². The van der Waals surface area contributed by atoms with Gasteiger partial charge < -0.3 is 4.74 Å². The van der Waals surface area contributed by atoms with E-state index >= 15 is 0 Å². The van der Waals surface area contributed by atoms with Crippen molar-refractivity contribution in [3.63, 3.8) is 0 Å². The van der Waals surface area contributed by atoms with E-state index in [4.69, 9.17) is 4.74 Å². The highest BCUT2D eigenvalue weighted by Crippen LogP contribution is 2.26. The third-order valence-corrected chi connectivity index (χ3v) is 4.56. The minimum atomic E-state index is -0.788. The van der Waals surface area contributed by atoms with Crippen LogP contribution in [0.5, 0.6) is 0 Å². The molecule has 0 heterocycles. The van der Waals surface area contributed by atoms with Crippen LogP contribution in [-0.2, 0) is 14.3 Å². The van der Waals surface area contributed by atoms with Gasteiger partial charge in [0.2, 0.25) is 0 Å². The second kappa shape index (κ2) is 9.82. The van der Waals surface area contributed by atoms with Gasteiger partial charge in [0.15, 0.2) is 0 Å². The first kappa shape index (κ1) is 22.1. The Labute approximate surface area is 172 Å². The molecule has 5 nitrogen and oxygen atoms in total. The molecule has 5 heteroatoms. The molecule has 1 unspecified atom stereocenters. The lowest BCUT2D eigenvalue weighted by molar-refractivity contribution is -0.146. The lowest BCUT2D eigenvalue weighted by Crippen LogP contribution is -2.40. The number of allylic oxidation sites excluding steroid dienone is 1. The first-order valence-electron chi connectivity index (χ1n) is 9.62. The summed E-state index contributed by atoms with van der Waals surface area (Å²) in [5.74, 6) is -2.26. The highest BCUT2D eigenvalue weighted by Gasteiger charge is 2.33. The van der Waals surface area contributed by atoms with E-state index in [0.29, 0.717) is 16.8 Å². The van der Waals surface area contributed by atoms with E-state index in [9.17, 15) is 14.4 Å². The predicted octanol–water partition coefficient (Wildman–Crippen LogP) is 4.70. The number of ether oxygens (including phenoxy) is 1. The maximum absolute atomic E-state index is 13.6. The van der Waals surface area contributed by atoms with Crippen LogP contribution in [0.25, 0.3) is 0 Å². The minimum Gasteiger partial charge on any atom is -0.466 e. The minimum absolute atomic E-state index is 0.220. The summed E-state index contributed by atoms with van der Waals surface area (Å²) in [6, 6.07) is 15.7. The summed E-state index contributed by atoms with van der Waals surface area (Å²) >= 11 is 0. The van der Waals surface area contributed by atoms with Crippen molar-refractivity contribution in [2.75, 3.05) is 11.5 Å². The maximum Gasteiger partial charge on any atom is 0.313 e. The van der Waals surface area contributed by atoms with Crippen molar-refractivity contribution in [1.82, 2.24) is 0 Å². The Bertz CT molecular complexity index is 910. The zero-order chi connectivity index (χ0) is 21.6. The number of aryl methyl sites for hydroxylation is 1. The Balaban J connectivity index is 2.56. The summed E-state index contributed by atoms with van der Waals surface area (Å²) in [5, 5.41) is 0. The zero-order valence-electron chi connectivity index (χ0n) is 17.6. The number of rotatable bonds is 6. The first-order chi connectivity index (χ1) is 13.8. The SMILES string of the molecule is CCOC(=O)C(C)C(C(=O)N(C(=O)c1ccccc1)c1ccc(C)cc1)=C(C)C. The van der Waals surface area contributed by atoms with Crippen molar-refractivity contribution >= 4 is 23.5 Å². The van der Waals surface area contributed by atoms with Gasteiger partial charge in [-0.3, -0.25) is 14.4 Å². The summed E-state index contributed by atoms with van der Waals surface area (Å²) in [7, 11) is 0. The quantitative estimate of drug-likeness (QED) is 0.527. The van der Waals surface area contributed by atoms with Gasteiger partial charge in [0.1, 0.15) is 0 Å². The van der Waals surface area contributed by atoms with Gasteiger partial charge >= 0.3 is 5.97 Å². The number of imide groups is 1. The lowest BCUT2D eigenvalue weighted by atomic mass is 9.95. The molecule has 0 spiro atoms. The first-order valence-corrected chi connectivity index (χ1v) is 9.62. The van der Waals surface area contributed by atoms with Gasteiger partial charge in [-0.2, -0.15) is 0 Å². The van der Waals surface area contributed by atoms with E-state index in [0.717, 1.165) is 10.5 Å². The molecule has 2 aromatic rings. The number of carbonyl (C=O) groups excluding carboxylic acids is 3. The molecule has 0 bridgehead atoms. The topological polar surface area (TPSA) is 63.7 Å². The van der Waals surface area contributed by atoms with Crippen LogP contribution in [0.2, 0.25) is 0 Å². The average Bonchev–Trinajstić information content (AvgIpc) is 2.70. The summed E-state index contributed by atoms with van der Waals surface area (Å²) in [6.45, 7) is 8.99. The number of hydrogen-bond donors (Lipinski definition) is 0. The molecule has 2 aromatic carbocycles. The monoisotopic (exact) mass is 393 g/mol. The van der Waals surface area contributed by atoms with E-state index in [2.05, 4.69) is 0 Å². The van der Waals surface area contributed by atoms with Crippen LogP contribution in [-0.4, -0.2) is 24.4 Å². The molecule has 0 N–H and O–H groups in total. The molecular formula is C24H27NO4. The molecule has 1 atom stereocenters. The number of nitrogens with zero attached hydrogens (tertiary/aromatic N) is 1. The molecule has 29 heavy (non-hydrogen) atoms. The Kier molecular flexibility index (Phi) is 7.48. The van der Waals surface area contributed by atoms with Gasteiger partial charge in [-0.1, -0.05) is 41.5 Å². The van der Waals surface area contributed by atoms with Crippen molar-refractivity contribution in [1.29, 1.82) is 0 Å². The van der Waals surface area contributed by atoms with Crippen LogP contribution in [0.1, 0.15) is 43.6 Å². The molecule has 152 valence electrons. The molecule has 0 aromatic heterocycles. The van der Waals surface area contributed by atoms with Crippen molar-refractivity contribution in [3.05, 3.63) is 76.9 Å². The third kappa shape index (κ3) is 5.19. The molecule has 0 fully saturated rings. The maximum atomic E-state index is 13.6. The standard InChI is InChI=1S/C24H27NO4/c1-6-29-24(28)18(5)21(16(2)3)23(27)25(20-14-12-17(4)13-15-20)22(26)19-10-8-7-9-11-19/h7-15,18H,6H2,1-5H3. The Morgan fingerprint density at radius 3 is 2.07 bits per heavy atom. The predicted molar refractivity (Wildman–Crippen MR) is 114 cm³/mol. The highest BCUT2D eigenvalue weighted by molar-refractivity contribution is 6.26. The van der Waals surface area contributed by atoms with E-state index in [1.54, 1.807) is 70.2 Å². The molecule has 2 amide bonds. The number of hydrogen-bond acceptors (Lipinski definition) is 4. The molecule has 0 saturated carbocycles. The van der Waals surface area contributed by atoms with Gasteiger partial charge in [-0.05, 0) is 58.9 Å². The van der Waals surface area contributed by atoms with E-state index in [-0.39, 0.29) is 12.2 Å². The second-order valence-corrected chi connectivity index (χ2v) is 7.03. The largest absolute Gasteiger partial charge is 0.466 e. The fourth-order valence-electron chi connectivity index (χ4n) is 3.07. The van der Waals surface area contributed by atoms with E-state index in [1.807, 2.05) is 19.1 Å². The Hall–Kier alpha value is -3.21. The Morgan fingerprint density at radius 1 is 0.966 bits per heavy atom. The number of benzene rings is 2. The number of amides is 2. The van der Waals surface area contributed by atoms with Gasteiger partial charge in [0, 0.05) is 11.1 Å². The van der Waals surface area contributed by atoms with Crippen LogP contribution >= 0.6 is 0 Å². The average molecular weight is 393 g/mol. The normalized spacial score (nSPS) is 11.3. The molecule has 0 aliphatic carbocycles. The van der Waals surface area contributed by atoms with Crippen LogP contribution in [0.4, 0.5) is 5.69 Å².